The van der Waals surface area contributed by atoms with Gasteiger partial charge in [-0.05, 0) is 37.5 Å². The van der Waals surface area contributed by atoms with E-state index in [1.807, 2.05) is 6.92 Å². The van der Waals surface area contributed by atoms with E-state index in [1.165, 1.54) is 28.1 Å². The van der Waals surface area contributed by atoms with E-state index < -0.39 is 10.0 Å². The lowest BCUT2D eigenvalue weighted by Crippen LogP contribution is -2.35. The van der Waals surface area contributed by atoms with Gasteiger partial charge in [0.25, 0.3) is 0 Å². The highest BCUT2D eigenvalue weighted by Crippen LogP contribution is 2.31. The molecule has 10 nitrogen and oxygen atoms in total. The van der Waals surface area contributed by atoms with Crippen molar-refractivity contribution in [1.82, 2.24) is 19.1 Å². The summed E-state index contributed by atoms with van der Waals surface area (Å²) in [5, 5.41) is 9.55. The summed E-state index contributed by atoms with van der Waals surface area (Å²) in [6.07, 6.45) is 4.43. The second kappa shape index (κ2) is 11.0. The molecule has 0 saturated carbocycles. The molecule has 0 aliphatic carbocycles. The van der Waals surface area contributed by atoms with E-state index in [0.29, 0.717) is 30.5 Å². The largest absolute Gasteiger partial charge is 0.495 e. The zero-order valence-corrected chi connectivity index (χ0v) is 19.9. The van der Waals surface area contributed by atoms with Gasteiger partial charge in [0.2, 0.25) is 15.9 Å². The van der Waals surface area contributed by atoms with Crippen LogP contribution in [0.25, 0.3) is 0 Å². The average Bonchev–Trinajstić information content (AvgIpc) is 3.16. The van der Waals surface area contributed by atoms with Gasteiger partial charge in [0.1, 0.15) is 10.6 Å². The molecule has 2 aromatic rings. The molecule has 1 aliphatic rings. The SMILES string of the molecule is CCCCn1c(SCC(=O)Nc2ccc(OC)c(S(=O)(=O)N3CCCCC3)c2)n[nH]c1=O. The van der Waals surface area contributed by atoms with Crippen molar-refractivity contribution in [3.8, 4) is 5.75 Å². The quantitative estimate of drug-likeness (QED) is 0.497. The molecule has 1 saturated heterocycles. The van der Waals surface area contributed by atoms with Gasteiger partial charge in [-0.15, -0.1) is 5.10 Å². The number of hydrogen-bond donors (Lipinski definition) is 2. The van der Waals surface area contributed by atoms with Crippen molar-refractivity contribution >= 4 is 33.4 Å². The molecule has 1 aromatic carbocycles. The molecule has 0 spiro atoms. The number of thioether (sulfide) groups is 1. The summed E-state index contributed by atoms with van der Waals surface area (Å²) in [6.45, 7) is 3.51. The van der Waals surface area contributed by atoms with Crippen LogP contribution < -0.4 is 15.7 Å². The van der Waals surface area contributed by atoms with Gasteiger partial charge in [-0.25, -0.2) is 18.3 Å². The van der Waals surface area contributed by atoms with Gasteiger partial charge in [0.15, 0.2) is 5.16 Å². The Labute approximate surface area is 191 Å². The van der Waals surface area contributed by atoms with Crippen LogP contribution in [0, 0.1) is 0 Å². The number of aromatic amines is 1. The molecule has 1 aromatic heterocycles. The van der Waals surface area contributed by atoms with Gasteiger partial charge in [0, 0.05) is 25.3 Å². The first-order valence-electron chi connectivity index (χ1n) is 10.6. The minimum atomic E-state index is -3.73. The Hall–Kier alpha value is -2.31. The number of amides is 1. The topological polar surface area (TPSA) is 126 Å². The van der Waals surface area contributed by atoms with Crippen LogP contribution in [0.3, 0.4) is 0 Å². The van der Waals surface area contributed by atoms with Crippen LogP contribution in [0.1, 0.15) is 39.0 Å². The zero-order chi connectivity index (χ0) is 23.1. The van der Waals surface area contributed by atoms with Gasteiger partial charge in [0.05, 0.1) is 12.9 Å². The first-order valence-corrected chi connectivity index (χ1v) is 13.1. The normalized spacial score (nSPS) is 14.9. The van der Waals surface area contributed by atoms with Crippen molar-refractivity contribution in [2.45, 2.75) is 55.6 Å². The van der Waals surface area contributed by atoms with Crippen molar-refractivity contribution in [3.05, 3.63) is 28.7 Å². The summed E-state index contributed by atoms with van der Waals surface area (Å²) in [6, 6.07) is 4.56. The van der Waals surface area contributed by atoms with Crippen molar-refractivity contribution in [2.75, 3.05) is 31.3 Å². The maximum Gasteiger partial charge on any atom is 0.343 e. The Balaban J connectivity index is 1.71. The predicted octanol–water partition coefficient (Wildman–Crippen LogP) is 2.29. The van der Waals surface area contributed by atoms with E-state index in [1.54, 1.807) is 6.07 Å². The first kappa shape index (κ1) is 24.3. The predicted molar refractivity (Wildman–Crippen MR) is 123 cm³/mol. The number of methoxy groups -OCH3 is 1. The smallest absolute Gasteiger partial charge is 0.343 e. The molecule has 32 heavy (non-hydrogen) atoms. The van der Waals surface area contributed by atoms with E-state index in [0.717, 1.165) is 43.9 Å². The fraction of sp³-hybridized carbons (Fsp3) is 0.550. The number of anilines is 1. The number of nitrogens with zero attached hydrogens (tertiary/aromatic N) is 3. The fourth-order valence-corrected chi connectivity index (χ4v) is 5.93. The summed E-state index contributed by atoms with van der Waals surface area (Å²) < 4.78 is 34.5. The lowest BCUT2D eigenvalue weighted by Gasteiger charge is -2.26. The maximum atomic E-state index is 13.1. The van der Waals surface area contributed by atoms with Gasteiger partial charge < -0.3 is 10.1 Å². The van der Waals surface area contributed by atoms with E-state index >= 15 is 0 Å². The Bertz CT molecular complexity index is 1090. The molecule has 1 aliphatic heterocycles. The number of hydrogen-bond acceptors (Lipinski definition) is 7. The summed E-state index contributed by atoms with van der Waals surface area (Å²) in [5.41, 5.74) is 0.0569. The second-order valence-electron chi connectivity index (χ2n) is 7.48. The molecule has 2 N–H and O–H groups in total. The van der Waals surface area contributed by atoms with Crippen molar-refractivity contribution in [2.24, 2.45) is 0 Å². The van der Waals surface area contributed by atoms with Gasteiger partial charge in [-0.2, -0.15) is 4.31 Å². The Morgan fingerprint density at radius 2 is 2.03 bits per heavy atom. The molecular weight excluding hydrogens is 454 g/mol. The lowest BCUT2D eigenvalue weighted by atomic mass is 10.2. The molecule has 1 fully saturated rings. The number of sulfonamides is 1. The highest BCUT2D eigenvalue weighted by atomic mass is 32.2. The van der Waals surface area contributed by atoms with E-state index in [4.69, 9.17) is 4.74 Å². The summed E-state index contributed by atoms with van der Waals surface area (Å²) >= 11 is 1.14. The second-order valence-corrected chi connectivity index (χ2v) is 10.3. The molecular formula is C20H29N5O5S2. The van der Waals surface area contributed by atoms with Crippen LogP contribution in [0.15, 0.2) is 33.0 Å². The minimum absolute atomic E-state index is 0.0245. The van der Waals surface area contributed by atoms with Crippen molar-refractivity contribution in [1.29, 1.82) is 0 Å². The molecule has 1 amide bonds. The first-order chi connectivity index (χ1) is 15.4. The van der Waals surface area contributed by atoms with E-state index in [2.05, 4.69) is 15.5 Å². The van der Waals surface area contributed by atoms with Crippen LogP contribution in [-0.4, -0.2) is 59.3 Å². The van der Waals surface area contributed by atoms with E-state index in [9.17, 15) is 18.0 Å². The number of aromatic nitrogens is 3. The molecule has 0 atom stereocenters. The molecule has 0 unspecified atom stereocenters. The Morgan fingerprint density at radius 1 is 1.28 bits per heavy atom. The minimum Gasteiger partial charge on any atom is -0.495 e. The number of benzene rings is 1. The maximum absolute atomic E-state index is 13.1. The number of carbonyl (C=O) groups excluding carboxylic acids is 1. The van der Waals surface area contributed by atoms with Crippen LogP contribution in [-0.2, 0) is 21.4 Å². The zero-order valence-electron chi connectivity index (χ0n) is 18.3. The monoisotopic (exact) mass is 483 g/mol. The number of piperidine rings is 1. The van der Waals surface area contributed by atoms with Crippen LogP contribution in [0.2, 0.25) is 0 Å². The number of nitrogens with one attached hydrogen (secondary N) is 2. The molecule has 176 valence electrons. The van der Waals surface area contributed by atoms with Crippen molar-refractivity contribution in [3.63, 3.8) is 0 Å². The highest BCUT2D eigenvalue weighted by Gasteiger charge is 2.29. The van der Waals surface area contributed by atoms with Gasteiger partial charge in [-0.1, -0.05) is 31.5 Å². The summed E-state index contributed by atoms with van der Waals surface area (Å²) in [5.74, 6) is -0.0743. The lowest BCUT2D eigenvalue weighted by molar-refractivity contribution is -0.113. The van der Waals surface area contributed by atoms with Crippen LogP contribution in [0.4, 0.5) is 5.69 Å². The number of ether oxygens (including phenoxy) is 1. The highest BCUT2D eigenvalue weighted by molar-refractivity contribution is 7.99. The van der Waals surface area contributed by atoms with Crippen molar-refractivity contribution < 1.29 is 17.9 Å². The number of carbonyl (C=O) groups is 1. The molecule has 12 heteroatoms. The molecule has 2 heterocycles. The van der Waals surface area contributed by atoms with Gasteiger partial charge >= 0.3 is 5.69 Å². The third-order valence-electron chi connectivity index (χ3n) is 5.17. The number of H-pyrrole nitrogens is 1. The van der Waals surface area contributed by atoms with E-state index in [-0.39, 0.29) is 28.0 Å². The Morgan fingerprint density at radius 3 is 2.72 bits per heavy atom. The molecule has 3 rings (SSSR count). The molecule has 0 bridgehead atoms. The van der Waals surface area contributed by atoms with Gasteiger partial charge in [-0.3, -0.25) is 9.36 Å². The number of unbranched alkanes of at least 4 members (excludes halogenated alkanes) is 1. The summed E-state index contributed by atoms with van der Waals surface area (Å²) in [7, 11) is -2.31. The molecule has 0 radical (unpaired) electrons. The third kappa shape index (κ3) is 5.73. The third-order valence-corrected chi connectivity index (χ3v) is 8.07. The average molecular weight is 484 g/mol. The van der Waals surface area contributed by atoms with Crippen LogP contribution >= 0.6 is 11.8 Å². The van der Waals surface area contributed by atoms with Crippen LogP contribution in [0.5, 0.6) is 5.75 Å². The summed E-state index contributed by atoms with van der Waals surface area (Å²) in [4.78, 5) is 24.4. The Kier molecular flexibility index (Phi) is 8.38. The fourth-order valence-electron chi connectivity index (χ4n) is 3.45. The number of rotatable bonds is 10. The standard InChI is InChI=1S/C20H29N5O5S2/c1-3-4-12-25-19(27)22-23-20(25)31-14-18(26)21-15-8-9-16(30-2)17(13-15)32(28,29)24-10-6-5-7-11-24/h8-9,13H,3-7,10-12,14H2,1-2H3,(H,21,26)(H,22,27).